The van der Waals surface area contributed by atoms with E-state index in [2.05, 4.69) is 19.2 Å². The average molecular weight is 211 g/mol. The molecular weight excluding hydrogens is 186 g/mol. The molecule has 15 heavy (non-hydrogen) atoms. The lowest BCUT2D eigenvalue weighted by molar-refractivity contribution is -0.125. The van der Waals surface area contributed by atoms with Gasteiger partial charge in [0.15, 0.2) is 0 Å². The highest BCUT2D eigenvalue weighted by Gasteiger charge is 2.25. The Balaban J connectivity index is 2.39. The van der Waals surface area contributed by atoms with Crippen molar-refractivity contribution in [2.75, 3.05) is 0 Å². The van der Waals surface area contributed by atoms with Crippen LogP contribution in [0, 0.1) is 17.8 Å². The minimum atomic E-state index is 0.115. The van der Waals surface area contributed by atoms with Crippen LogP contribution in [-0.4, -0.2) is 11.9 Å². The largest absolute Gasteiger partial charge is 0.353 e. The zero-order valence-electron chi connectivity index (χ0n) is 10.5. The molecule has 0 saturated heterocycles. The lowest BCUT2D eigenvalue weighted by Gasteiger charge is -2.32. The van der Waals surface area contributed by atoms with Gasteiger partial charge in [-0.25, -0.2) is 0 Å². The van der Waals surface area contributed by atoms with Crippen LogP contribution < -0.4 is 5.32 Å². The lowest BCUT2D eigenvalue weighted by atomic mass is 9.79. The molecule has 0 unspecified atom stereocenters. The van der Waals surface area contributed by atoms with E-state index in [1.54, 1.807) is 0 Å². The van der Waals surface area contributed by atoms with E-state index in [9.17, 15) is 4.79 Å². The minimum absolute atomic E-state index is 0.115. The molecule has 1 rings (SSSR count). The van der Waals surface area contributed by atoms with Crippen LogP contribution in [0.1, 0.15) is 53.4 Å². The summed E-state index contributed by atoms with van der Waals surface area (Å²) in [6.07, 6.45) is 4.95. The zero-order chi connectivity index (χ0) is 11.4. The summed E-state index contributed by atoms with van der Waals surface area (Å²) in [5, 5.41) is 3.16. The summed E-state index contributed by atoms with van der Waals surface area (Å²) in [4.78, 5) is 11.6. The van der Waals surface area contributed by atoms with Crippen molar-refractivity contribution < 1.29 is 4.79 Å². The van der Waals surface area contributed by atoms with Gasteiger partial charge in [-0.1, -0.05) is 40.5 Å². The van der Waals surface area contributed by atoms with E-state index < -0.39 is 0 Å². The summed E-state index contributed by atoms with van der Waals surface area (Å²) in [6.45, 7) is 8.49. The number of rotatable bonds is 3. The molecule has 2 atom stereocenters. The van der Waals surface area contributed by atoms with E-state index in [4.69, 9.17) is 0 Å². The van der Waals surface area contributed by atoms with E-state index in [0.717, 1.165) is 11.8 Å². The summed E-state index contributed by atoms with van der Waals surface area (Å²) < 4.78 is 0. The third-order valence-corrected chi connectivity index (χ3v) is 3.53. The monoisotopic (exact) mass is 211 g/mol. The molecule has 0 spiro atoms. The molecule has 1 fully saturated rings. The fraction of sp³-hybridized carbons (Fsp3) is 0.923. The van der Waals surface area contributed by atoms with Crippen LogP contribution in [-0.2, 0) is 4.79 Å². The quantitative estimate of drug-likeness (QED) is 0.764. The molecule has 88 valence electrons. The van der Waals surface area contributed by atoms with Gasteiger partial charge < -0.3 is 5.32 Å². The van der Waals surface area contributed by atoms with E-state index in [0.29, 0.717) is 6.04 Å². The molecule has 1 amide bonds. The summed E-state index contributed by atoms with van der Waals surface area (Å²) in [5.41, 5.74) is 0. The Hall–Kier alpha value is -0.530. The van der Waals surface area contributed by atoms with Gasteiger partial charge in [0, 0.05) is 12.0 Å². The molecular formula is C13H25NO. The summed E-state index contributed by atoms with van der Waals surface area (Å²) in [5.74, 6) is 1.88. The van der Waals surface area contributed by atoms with Gasteiger partial charge in [-0.2, -0.15) is 0 Å². The first kappa shape index (κ1) is 12.5. The molecule has 0 aromatic heterocycles. The Labute approximate surface area is 93.8 Å². The molecule has 1 aliphatic rings. The van der Waals surface area contributed by atoms with Crippen molar-refractivity contribution in [1.29, 1.82) is 0 Å². The SMILES string of the molecule is CC(C)C(=O)N[C@H]1CCC[C@H](C(C)C)C1. The Morgan fingerprint density at radius 3 is 2.40 bits per heavy atom. The molecule has 1 saturated carbocycles. The third-order valence-electron chi connectivity index (χ3n) is 3.53. The van der Waals surface area contributed by atoms with Crippen LogP contribution in [0.2, 0.25) is 0 Å². The third kappa shape index (κ3) is 3.84. The van der Waals surface area contributed by atoms with Crippen LogP contribution in [0.4, 0.5) is 0 Å². The highest BCUT2D eigenvalue weighted by molar-refractivity contribution is 5.78. The van der Waals surface area contributed by atoms with Gasteiger partial charge in [0.25, 0.3) is 0 Å². The number of hydrogen-bond acceptors (Lipinski definition) is 1. The highest BCUT2D eigenvalue weighted by atomic mass is 16.1. The van der Waals surface area contributed by atoms with E-state index >= 15 is 0 Å². The Morgan fingerprint density at radius 2 is 1.87 bits per heavy atom. The maximum absolute atomic E-state index is 11.6. The van der Waals surface area contributed by atoms with Crippen LogP contribution >= 0.6 is 0 Å². The minimum Gasteiger partial charge on any atom is -0.353 e. The molecule has 0 heterocycles. The molecule has 1 aliphatic carbocycles. The van der Waals surface area contributed by atoms with Gasteiger partial charge in [-0.05, 0) is 24.7 Å². The second-order valence-corrected chi connectivity index (χ2v) is 5.53. The summed E-state index contributed by atoms with van der Waals surface area (Å²) in [7, 11) is 0. The lowest BCUT2D eigenvalue weighted by Crippen LogP contribution is -2.41. The van der Waals surface area contributed by atoms with Gasteiger partial charge in [0.1, 0.15) is 0 Å². The van der Waals surface area contributed by atoms with Crippen molar-refractivity contribution in [3.63, 3.8) is 0 Å². The molecule has 0 radical (unpaired) electrons. The van der Waals surface area contributed by atoms with Crippen LogP contribution in [0.3, 0.4) is 0 Å². The number of nitrogens with one attached hydrogen (secondary N) is 1. The number of carbonyl (C=O) groups excluding carboxylic acids is 1. The van der Waals surface area contributed by atoms with Crippen molar-refractivity contribution in [2.45, 2.75) is 59.4 Å². The van der Waals surface area contributed by atoms with Crippen molar-refractivity contribution >= 4 is 5.91 Å². The normalized spacial score (nSPS) is 27.1. The van der Waals surface area contributed by atoms with Gasteiger partial charge in [0.05, 0.1) is 0 Å². The molecule has 0 aromatic rings. The van der Waals surface area contributed by atoms with Crippen molar-refractivity contribution in [3.8, 4) is 0 Å². The maximum Gasteiger partial charge on any atom is 0.222 e. The first-order chi connectivity index (χ1) is 7.00. The Kier molecular flexibility index (Phi) is 4.62. The first-order valence-corrected chi connectivity index (χ1v) is 6.31. The fourth-order valence-electron chi connectivity index (χ4n) is 2.33. The highest BCUT2D eigenvalue weighted by Crippen LogP contribution is 2.29. The van der Waals surface area contributed by atoms with Gasteiger partial charge >= 0.3 is 0 Å². The van der Waals surface area contributed by atoms with Crippen molar-refractivity contribution in [3.05, 3.63) is 0 Å². The molecule has 1 N–H and O–H groups in total. The summed E-state index contributed by atoms with van der Waals surface area (Å²) in [6, 6.07) is 0.432. The fourth-order valence-corrected chi connectivity index (χ4v) is 2.33. The topological polar surface area (TPSA) is 29.1 Å². The molecule has 0 aromatic carbocycles. The van der Waals surface area contributed by atoms with E-state index in [1.165, 1.54) is 25.7 Å². The second-order valence-electron chi connectivity index (χ2n) is 5.53. The van der Waals surface area contributed by atoms with Gasteiger partial charge in [0.2, 0.25) is 5.91 Å². The number of amides is 1. The van der Waals surface area contributed by atoms with Gasteiger partial charge in [-0.3, -0.25) is 4.79 Å². The standard InChI is InChI=1S/C13H25NO/c1-9(2)11-6-5-7-12(8-11)14-13(15)10(3)4/h9-12H,5-8H2,1-4H3,(H,14,15)/t11-,12-/m0/s1. The molecule has 0 aliphatic heterocycles. The smallest absolute Gasteiger partial charge is 0.222 e. The Bertz CT molecular complexity index is 211. The Morgan fingerprint density at radius 1 is 1.20 bits per heavy atom. The second kappa shape index (κ2) is 5.53. The predicted octanol–water partition coefficient (Wildman–Crippen LogP) is 2.97. The van der Waals surface area contributed by atoms with Crippen molar-refractivity contribution in [1.82, 2.24) is 5.32 Å². The molecule has 0 bridgehead atoms. The predicted molar refractivity (Wildman–Crippen MR) is 63.6 cm³/mol. The average Bonchev–Trinajstić information content (AvgIpc) is 2.18. The molecule has 2 nitrogen and oxygen atoms in total. The first-order valence-electron chi connectivity index (χ1n) is 6.31. The molecule has 2 heteroatoms. The van der Waals surface area contributed by atoms with Crippen LogP contribution in [0.15, 0.2) is 0 Å². The van der Waals surface area contributed by atoms with E-state index in [-0.39, 0.29) is 11.8 Å². The maximum atomic E-state index is 11.6. The van der Waals surface area contributed by atoms with Crippen LogP contribution in [0.25, 0.3) is 0 Å². The zero-order valence-corrected chi connectivity index (χ0v) is 10.5. The van der Waals surface area contributed by atoms with Crippen molar-refractivity contribution in [2.24, 2.45) is 17.8 Å². The van der Waals surface area contributed by atoms with E-state index in [1.807, 2.05) is 13.8 Å². The number of hydrogen-bond donors (Lipinski definition) is 1. The van der Waals surface area contributed by atoms with Gasteiger partial charge in [-0.15, -0.1) is 0 Å². The number of carbonyl (C=O) groups is 1. The van der Waals surface area contributed by atoms with Crippen LogP contribution in [0.5, 0.6) is 0 Å². The summed E-state index contributed by atoms with van der Waals surface area (Å²) >= 11 is 0.